The zero-order valence-electron chi connectivity index (χ0n) is 11.1. The maximum absolute atomic E-state index is 14.4. The molecule has 116 valence electrons. The van der Waals surface area contributed by atoms with Crippen molar-refractivity contribution in [3.8, 4) is 12.3 Å². The van der Waals surface area contributed by atoms with E-state index in [-0.39, 0.29) is 17.0 Å². The van der Waals surface area contributed by atoms with Gasteiger partial charge in [0.25, 0.3) is 5.85 Å². The van der Waals surface area contributed by atoms with Crippen molar-refractivity contribution >= 4 is 17.0 Å². The molecule has 1 aliphatic rings. The number of aromatic nitrogens is 4. The fourth-order valence-corrected chi connectivity index (χ4v) is 2.43. The van der Waals surface area contributed by atoms with Crippen LogP contribution in [0.15, 0.2) is 12.7 Å². The van der Waals surface area contributed by atoms with Crippen LogP contribution < -0.4 is 5.73 Å². The largest absolute Gasteiger partial charge is 0.390 e. The van der Waals surface area contributed by atoms with Crippen molar-refractivity contribution < 1.29 is 24.4 Å². The predicted octanol–water partition coefficient (Wildman–Crippen LogP) is -1.90. The number of nitrogen functional groups attached to an aromatic ring is 1. The number of halogens is 1. The van der Waals surface area contributed by atoms with Crippen LogP contribution in [0.25, 0.3) is 11.2 Å². The van der Waals surface area contributed by atoms with Gasteiger partial charge in [0, 0.05) is 0 Å². The van der Waals surface area contributed by atoms with Gasteiger partial charge in [-0.2, -0.15) is 0 Å². The van der Waals surface area contributed by atoms with Crippen molar-refractivity contribution in [3.05, 3.63) is 12.7 Å². The number of ether oxygens (including phenoxy) is 1. The van der Waals surface area contributed by atoms with E-state index < -0.39 is 30.4 Å². The summed E-state index contributed by atoms with van der Waals surface area (Å²) in [5.41, 5.74) is 3.75. The van der Waals surface area contributed by atoms with E-state index in [1.807, 2.05) is 0 Å². The molecular weight excluding hydrogens is 297 g/mol. The van der Waals surface area contributed by atoms with E-state index in [2.05, 4.69) is 20.9 Å². The Bertz CT molecular complexity index is 776. The molecule has 5 N–H and O–H groups in total. The van der Waals surface area contributed by atoms with E-state index in [4.69, 9.17) is 22.0 Å². The van der Waals surface area contributed by atoms with Gasteiger partial charge in [-0.3, -0.25) is 4.57 Å². The summed E-state index contributed by atoms with van der Waals surface area (Å²) in [6, 6.07) is 0. The number of nitrogens with zero attached hydrogens (tertiary/aromatic N) is 4. The summed E-state index contributed by atoms with van der Waals surface area (Å²) < 4.78 is 20.5. The van der Waals surface area contributed by atoms with Gasteiger partial charge in [-0.05, 0) is 5.92 Å². The standard InChI is InChI=1S/C12H12FN5O4/c1-2-12(8(21)7(20)11(13,3-19)22-12)18-5-17-6-9(14)15-4-16-10(6)18/h1,4-5,7-8,19-21H,3H2,(H2,14,15,16)/t7-,8+,11+,12+/m0/s1. The topological polar surface area (TPSA) is 140 Å². The van der Waals surface area contributed by atoms with Crippen LogP contribution in [0, 0.1) is 12.3 Å². The van der Waals surface area contributed by atoms with Crippen molar-refractivity contribution in [2.45, 2.75) is 23.8 Å². The summed E-state index contributed by atoms with van der Waals surface area (Å²) in [7, 11) is 0. The Balaban J connectivity index is 2.23. The maximum Gasteiger partial charge on any atom is 0.264 e. The molecule has 9 nitrogen and oxygen atoms in total. The quantitative estimate of drug-likeness (QED) is 0.472. The van der Waals surface area contributed by atoms with Gasteiger partial charge in [-0.15, -0.1) is 6.42 Å². The minimum Gasteiger partial charge on any atom is -0.390 e. The van der Waals surface area contributed by atoms with Crippen LogP contribution in [0.2, 0.25) is 0 Å². The average Bonchev–Trinajstić information content (AvgIpc) is 3.03. The molecule has 3 heterocycles. The van der Waals surface area contributed by atoms with Gasteiger partial charge in [-0.25, -0.2) is 19.3 Å². The number of hydrogen-bond donors (Lipinski definition) is 4. The van der Waals surface area contributed by atoms with Gasteiger partial charge < -0.3 is 25.8 Å². The highest BCUT2D eigenvalue weighted by Gasteiger charge is 2.64. The second-order valence-corrected chi connectivity index (χ2v) is 4.82. The van der Waals surface area contributed by atoms with Crippen LogP contribution in [-0.4, -0.2) is 59.5 Å². The Morgan fingerprint density at radius 2 is 2.14 bits per heavy atom. The lowest BCUT2D eigenvalue weighted by molar-refractivity contribution is -0.225. The summed E-state index contributed by atoms with van der Waals surface area (Å²) >= 11 is 0. The van der Waals surface area contributed by atoms with E-state index in [1.165, 1.54) is 0 Å². The molecule has 0 spiro atoms. The summed E-state index contributed by atoms with van der Waals surface area (Å²) in [5.74, 6) is -0.777. The summed E-state index contributed by atoms with van der Waals surface area (Å²) in [4.78, 5) is 11.6. The zero-order valence-corrected chi connectivity index (χ0v) is 11.1. The Morgan fingerprint density at radius 1 is 1.41 bits per heavy atom. The Kier molecular flexibility index (Phi) is 3.05. The molecule has 0 saturated carbocycles. The molecule has 4 atom stereocenters. The van der Waals surface area contributed by atoms with Gasteiger partial charge in [0.05, 0.1) is 0 Å². The molecule has 10 heteroatoms. The van der Waals surface area contributed by atoms with Crippen LogP contribution in [0.1, 0.15) is 0 Å². The Morgan fingerprint density at radius 3 is 2.73 bits per heavy atom. The van der Waals surface area contributed by atoms with Crippen LogP contribution in [0.5, 0.6) is 0 Å². The SMILES string of the molecule is C#C[C@@]1(n2cnc3c(N)ncnc32)O[C@](F)(CO)[C@@H](O)[C@H]1O. The minimum atomic E-state index is -2.93. The minimum absolute atomic E-state index is 0.0534. The maximum atomic E-state index is 14.4. The van der Waals surface area contributed by atoms with Crippen molar-refractivity contribution in [1.29, 1.82) is 0 Å². The number of alkyl halides is 1. The molecule has 0 aromatic carbocycles. The average molecular weight is 309 g/mol. The molecule has 1 fully saturated rings. The first-order chi connectivity index (χ1) is 10.4. The molecule has 0 aliphatic carbocycles. The first kappa shape index (κ1) is 14.6. The van der Waals surface area contributed by atoms with Crippen molar-refractivity contribution in [2.24, 2.45) is 0 Å². The summed E-state index contributed by atoms with van der Waals surface area (Å²) in [5, 5.41) is 29.1. The highest BCUT2D eigenvalue weighted by Crippen LogP contribution is 2.43. The lowest BCUT2D eigenvalue weighted by Crippen LogP contribution is -2.44. The predicted molar refractivity (Wildman–Crippen MR) is 70.6 cm³/mol. The number of nitrogens with two attached hydrogens (primary N) is 1. The van der Waals surface area contributed by atoms with Crippen molar-refractivity contribution in [2.75, 3.05) is 12.3 Å². The van der Waals surface area contributed by atoms with E-state index in [9.17, 15) is 14.6 Å². The second-order valence-electron chi connectivity index (χ2n) is 4.82. The number of anilines is 1. The molecule has 3 rings (SSSR count). The van der Waals surface area contributed by atoms with Crippen molar-refractivity contribution in [1.82, 2.24) is 19.5 Å². The molecule has 22 heavy (non-hydrogen) atoms. The molecule has 0 amide bonds. The highest BCUT2D eigenvalue weighted by molar-refractivity contribution is 5.81. The lowest BCUT2D eigenvalue weighted by atomic mass is 10.0. The Hall–Kier alpha value is -2.32. The molecule has 0 unspecified atom stereocenters. The second kappa shape index (κ2) is 4.59. The molecule has 2 aromatic rings. The number of terminal acetylenes is 1. The summed E-state index contributed by atoms with van der Waals surface area (Å²) in [6.07, 6.45) is 3.73. The number of imidazole rings is 1. The zero-order chi connectivity index (χ0) is 16.1. The summed E-state index contributed by atoms with van der Waals surface area (Å²) in [6.45, 7) is -1.20. The van der Waals surface area contributed by atoms with E-state index in [0.29, 0.717) is 0 Å². The molecule has 0 radical (unpaired) electrons. The van der Waals surface area contributed by atoms with Gasteiger partial charge in [-0.1, -0.05) is 0 Å². The van der Waals surface area contributed by atoms with Gasteiger partial charge in [0.15, 0.2) is 11.5 Å². The number of fused-ring (bicyclic) bond motifs is 1. The third-order valence-electron chi connectivity index (χ3n) is 3.61. The van der Waals surface area contributed by atoms with Gasteiger partial charge in [0.2, 0.25) is 5.72 Å². The van der Waals surface area contributed by atoms with Crippen LogP contribution in [-0.2, 0) is 10.5 Å². The van der Waals surface area contributed by atoms with E-state index in [0.717, 1.165) is 17.2 Å². The fraction of sp³-hybridized carbons (Fsp3) is 0.417. The monoisotopic (exact) mass is 309 g/mol. The molecular formula is C12H12FN5O4. The molecule has 1 aliphatic heterocycles. The molecule has 1 saturated heterocycles. The lowest BCUT2D eigenvalue weighted by Gasteiger charge is -2.28. The number of aliphatic hydroxyl groups is 3. The number of hydrogen-bond acceptors (Lipinski definition) is 8. The highest BCUT2D eigenvalue weighted by atomic mass is 19.2. The van der Waals surface area contributed by atoms with Crippen LogP contribution in [0.3, 0.4) is 0 Å². The molecule has 0 bridgehead atoms. The number of aliphatic hydroxyl groups excluding tert-OH is 3. The molecule has 2 aromatic heterocycles. The Labute approximate surface area is 123 Å². The van der Waals surface area contributed by atoms with Gasteiger partial charge in [0.1, 0.15) is 37.0 Å². The normalized spacial score (nSPS) is 34.9. The van der Waals surface area contributed by atoms with Crippen LogP contribution in [0.4, 0.5) is 10.2 Å². The number of rotatable bonds is 2. The van der Waals surface area contributed by atoms with Crippen LogP contribution >= 0.6 is 0 Å². The third kappa shape index (κ3) is 1.65. The van der Waals surface area contributed by atoms with E-state index >= 15 is 0 Å². The fourth-order valence-electron chi connectivity index (χ4n) is 2.43. The first-order valence-corrected chi connectivity index (χ1v) is 6.17. The van der Waals surface area contributed by atoms with Crippen molar-refractivity contribution in [3.63, 3.8) is 0 Å². The van der Waals surface area contributed by atoms with Gasteiger partial charge >= 0.3 is 0 Å². The smallest absolute Gasteiger partial charge is 0.264 e. The first-order valence-electron chi connectivity index (χ1n) is 6.17. The third-order valence-corrected chi connectivity index (χ3v) is 3.61. The van der Waals surface area contributed by atoms with E-state index in [1.54, 1.807) is 0 Å².